The van der Waals surface area contributed by atoms with E-state index < -0.39 is 5.60 Å². The van der Waals surface area contributed by atoms with Crippen LogP contribution in [0, 0.1) is 5.92 Å². The first kappa shape index (κ1) is 29.3. The van der Waals surface area contributed by atoms with E-state index in [2.05, 4.69) is 52.4 Å². The number of aliphatic imine (C=N–C) groups is 1. The second-order valence-corrected chi connectivity index (χ2v) is 8.30. The largest absolute Gasteiger partial charge is 0.387 e. The maximum absolute atomic E-state index is 10.8. The summed E-state index contributed by atoms with van der Waals surface area (Å²) < 4.78 is 5.38. The summed E-state index contributed by atoms with van der Waals surface area (Å²) in [5.41, 5.74) is -0.880. The third kappa shape index (κ3) is 11.6. The summed E-state index contributed by atoms with van der Waals surface area (Å²) in [6.45, 7) is 23.4. The van der Waals surface area contributed by atoms with Gasteiger partial charge in [0.1, 0.15) is 0 Å². The molecule has 0 bridgehead atoms. The van der Waals surface area contributed by atoms with Crippen molar-refractivity contribution in [3.05, 3.63) is 25.3 Å². The summed E-state index contributed by atoms with van der Waals surface area (Å²) in [6.07, 6.45) is 3.86. The molecule has 2 unspecified atom stereocenters. The summed E-state index contributed by atoms with van der Waals surface area (Å²) in [6, 6.07) is 0.323. The van der Waals surface area contributed by atoms with Crippen molar-refractivity contribution < 1.29 is 9.84 Å². The molecule has 0 aromatic rings. The summed E-state index contributed by atoms with van der Waals surface area (Å²) >= 11 is 0. The van der Waals surface area contributed by atoms with Gasteiger partial charge >= 0.3 is 0 Å². The van der Waals surface area contributed by atoms with Gasteiger partial charge in [0.05, 0.1) is 25.4 Å². The number of rotatable bonds is 13. The number of halogens is 1. The fourth-order valence-corrected chi connectivity index (χ4v) is 3.55. The van der Waals surface area contributed by atoms with Crippen molar-refractivity contribution in [3.8, 4) is 0 Å². The number of nitrogens with one attached hydrogen (secondary N) is 2. The molecule has 0 aliphatic carbocycles. The van der Waals surface area contributed by atoms with Crippen LogP contribution >= 0.6 is 24.0 Å². The van der Waals surface area contributed by atoms with E-state index in [1.165, 1.54) is 0 Å². The first-order chi connectivity index (χ1) is 13.8. The topological polar surface area (TPSA) is 72.4 Å². The van der Waals surface area contributed by atoms with Crippen LogP contribution in [0.5, 0.6) is 0 Å². The summed E-state index contributed by atoms with van der Waals surface area (Å²) in [5.74, 6) is 1.20. The minimum absolute atomic E-state index is 0. The normalized spacial score (nSPS) is 18.4. The van der Waals surface area contributed by atoms with Crippen molar-refractivity contribution in [1.29, 1.82) is 0 Å². The third-order valence-electron chi connectivity index (χ3n) is 5.03. The molecule has 0 aromatic carbocycles. The predicted octanol–water partition coefficient (Wildman–Crippen LogP) is 1.94. The number of morpholine rings is 1. The zero-order chi connectivity index (χ0) is 21.7. The van der Waals surface area contributed by atoms with Crippen molar-refractivity contribution in [3.63, 3.8) is 0 Å². The second-order valence-electron chi connectivity index (χ2n) is 8.30. The molecule has 7 nitrogen and oxygen atoms in total. The Morgan fingerprint density at radius 1 is 1.23 bits per heavy atom. The third-order valence-corrected chi connectivity index (χ3v) is 5.03. The van der Waals surface area contributed by atoms with Crippen LogP contribution in [0.1, 0.15) is 27.7 Å². The summed E-state index contributed by atoms with van der Waals surface area (Å²) in [5, 5.41) is 17.6. The van der Waals surface area contributed by atoms with Gasteiger partial charge in [-0.05, 0) is 19.8 Å². The average Bonchev–Trinajstić information content (AvgIpc) is 2.66. The molecule has 30 heavy (non-hydrogen) atoms. The van der Waals surface area contributed by atoms with Crippen LogP contribution in [-0.2, 0) is 4.74 Å². The highest BCUT2D eigenvalue weighted by atomic mass is 127. The zero-order valence-electron chi connectivity index (χ0n) is 19.4. The lowest BCUT2D eigenvalue weighted by molar-refractivity contribution is -0.0180. The molecule has 1 rings (SSSR count). The number of nitrogens with zero attached hydrogens (tertiary/aromatic N) is 3. The SMILES string of the molecule is C=CCN(CC=C)C(CNC(=NCC(C)(O)CN1CCOCC1)NCC)C(C)C.I. The number of aliphatic hydroxyl groups is 1. The number of hydrogen-bond acceptors (Lipinski definition) is 5. The van der Waals surface area contributed by atoms with Gasteiger partial charge in [0.2, 0.25) is 0 Å². The van der Waals surface area contributed by atoms with Gasteiger partial charge in [-0.1, -0.05) is 26.0 Å². The highest BCUT2D eigenvalue weighted by molar-refractivity contribution is 14.0. The molecule has 1 aliphatic heterocycles. The van der Waals surface area contributed by atoms with Crippen LogP contribution in [-0.4, -0.2) is 98.1 Å². The zero-order valence-corrected chi connectivity index (χ0v) is 21.7. The van der Waals surface area contributed by atoms with Gasteiger partial charge in [0.25, 0.3) is 0 Å². The Labute approximate surface area is 201 Å². The van der Waals surface area contributed by atoms with E-state index in [9.17, 15) is 5.11 Å². The van der Waals surface area contributed by atoms with Gasteiger partial charge in [-0.15, -0.1) is 37.1 Å². The highest BCUT2D eigenvalue weighted by Crippen LogP contribution is 2.11. The molecule has 3 N–H and O–H groups in total. The maximum Gasteiger partial charge on any atom is 0.191 e. The lowest BCUT2D eigenvalue weighted by atomic mass is 10.0. The molecule has 1 fully saturated rings. The van der Waals surface area contributed by atoms with Gasteiger partial charge in [-0.25, -0.2) is 0 Å². The molecule has 1 aliphatic rings. The smallest absolute Gasteiger partial charge is 0.191 e. The van der Waals surface area contributed by atoms with E-state index in [4.69, 9.17) is 4.74 Å². The van der Waals surface area contributed by atoms with Gasteiger partial charge in [0, 0.05) is 51.9 Å². The van der Waals surface area contributed by atoms with E-state index in [0.717, 1.165) is 58.4 Å². The Morgan fingerprint density at radius 2 is 1.83 bits per heavy atom. The predicted molar refractivity (Wildman–Crippen MR) is 138 cm³/mol. The molecular formula is C22H44IN5O2. The van der Waals surface area contributed by atoms with Crippen LogP contribution in [0.25, 0.3) is 0 Å². The minimum Gasteiger partial charge on any atom is -0.387 e. The minimum atomic E-state index is -0.880. The summed E-state index contributed by atoms with van der Waals surface area (Å²) in [7, 11) is 0. The molecule has 0 amide bonds. The average molecular weight is 538 g/mol. The number of guanidine groups is 1. The Bertz CT molecular complexity index is 498. The molecule has 1 heterocycles. The lowest BCUT2D eigenvalue weighted by Crippen LogP contribution is -2.50. The Balaban J connectivity index is 0.00000841. The van der Waals surface area contributed by atoms with Gasteiger partial charge in [-0.3, -0.25) is 14.8 Å². The molecule has 0 spiro atoms. The summed E-state index contributed by atoms with van der Waals surface area (Å²) in [4.78, 5) is 9.25. The quantitative estimate of drug-likeness (QED) is 0.144. The fraction of sp³-hybridized carbons (Fsp3) is 0.773. The monoisotopic (exact) mass is 537 g/mol. The molecule has 0 radical (unpaired) electrons. The van der Waals surface area contributed by atoms with E-state index in [0.29, 0.717) is 25.0 Å². The number of β-amino-alcohol motifs (C(OH)–C–C–N with tert-alkyl or cyclic N) is 1. The van der Waals surface area contributed by atoms with Crippen LogP contribution in [0.15, 0.2) is 30.3 Å². The molecule has 8 heteroatoms. The van der Waals surface area contributed by atoms with Gasteiger partial charge < -0.3 is 20.5 Å². The highest BCUT2D eigenvalue weighted by Gasteiger charge is 2.25. The van der Waals surface area contributed by atoms with Crippen LogP contribution in [0.4, 0.5) is 0 Å². The van der Waals surface area contributed by atoms with Crippen LogP contribution in [0.3, 0.4) is 0 Å². The van der Waals surface area contributed by atoms with Gasteiger partial charge in [0.15, 0.2) is 5.96 Å². The second kappa shape index (κ2) is 16.0. The molecule has 0 aromatic heterocycles. The Morgan fingerprint density at radius 3 is 2.33 bits per heavy atom. The first-order valence-electron chi connectivity index (χ1n) is 10.8. The molecule has 0 saturated carbocycles. The van der Waals surface area contributed by atoms with Crippen molar-refractivity contribution >= 4 is 29.9 Å². The van der Waals surface area contributed by atoms with Crippen molar-refractivity contribution in [1.82, 2.24) is 20.4 Å². The van der Waals surface area contributed by atoms with E-state index in [1.807, 2.05) is 26.0 Å². The Hall–Kier alpha value is -0.680. The number of hydrogen-bond donors (Lipinski definition) is 3. The standard InChI is InChI=1S/C22H43N5O2.HI/c1-7-10-27(11-8-2)20(19(4)5)16-24-21(23-9-3)25-17-22(6,28)18-26-12-14-29-15-13-26;/h7-8,19-20,28H,1-2,9-18H2,3-6H3,(H2,23,24,25);1H. The molecule has 176 valence electrons. The van der Waals surface area contributed by atoms with Crippen LogP contribution < -0.4 is 10.6 Å². The molecular weight excluding hydrogens is 493 g/mol. The Kier molecular flexibility index (Phi) is 15.7. The fourth-order valence-electron chi connectivity index (χ4n) is 3.55. The van der Waals surface area contributed by atoms with Gasteiger partial charge in [-0.2, -0.15) is 0 Å². The van der Waals surface area contributed by atoms with Crippen molar-refractivity contribution in [2.24, 2.45) is 10.9 Å². The van der Waals surface area contributed by atoms with Crippen LogP contribution in [0.2, 0.25) is 0 Å². The van der Waals surface area contributed by atoms with E-state index in [-0.39, 0.29) is 24.0 Å². The maximum atomic E-state index is 10.8. The van der Waals surface area contributed by atoms with E-state index in [1.54, 1.807) is 0 Å². The van der Waals surface area contributed by atoms with E-state index >= 15 is 0 Å². The molecule has 2 atom stereocenters. The van der Waals surface area contributed by atoms with Crippen molar-refractivity contribution in [2.45, 2.75) is 39.3 Å². The lowest BCUT2D eigenvalue weighted by Gasteiger charge is -2.34. The van der Waals surface area contributed by atoms with Crippen molar-refractivity contribution in [2.75, 3.05) is 65.6 Å². The first-order valence-corrected chi connectivity index (χ1v) is 10.8. The number of ether oxygens (including phenoxy) is 1. The molecule has 1 saturated heterocycles.